The van der Waals surface area contributed by atoms with Gasteiger partial charge in [0.2, 0.25) is 5.78 Å². The first-order valence-corrected chi connectivity index (χ1v) is 12.3. The molecule has 1 atom stereocenters. The number of nitrogens with zero attached hydrogens (tertiary/aromatic N) is 1. The standard InChI is InChI=1S/C26H29BrN2O5/c1-17-16-20(33-2)8-9-21(17)24(30)22-23(18-4-6-19(27)7-5-18)29(26(32)25(22)31)11-3-10-28-12-14-34-15-13-28/h4-9,16,23,30H,3,10-15H2,1-2H3/b24-22+. The van der Waals surface area contributed by atoms with E-state index in [1.165, 1.54) is 4.90 Å². The zero-order valence-electron chi connectivity index (χ0n) is 19.4. The van der Waals surface area contributed by atoms with Crippen LogP contribution in [0.25, 0.3) is 5.76 Å². The second-order valence-electron chi connectivity index (χ2n) is 8.67. The maximum absolute atomic E-state index is 13.6. The van der Waals surface area contributed by atoms with Crippen LogP contribution in [0.1, 0.15) is 29.2 Å². The zero-order valence-corrected chi connectivity index (χ0v) is 21.0. The molecule has 0 saturated carbocycles. The van der Waals surface area contributed by atoms with Crippen LogP contribution in [0, 0.1) is 6.92 Å². The Balaban J connectivity index is 1.69. The predicted molar refractivity (Wildman–Crippen MR) is 129 cm³/mol. The first kappa shape index (κ1) is 24.4. The van der Waals surface area contributed by atoms with Crippen LogP contribution in [0.5, 0.6) is 5.75 Å². The molecular formula is C26H29BrN2O5. The van der Waals surface area contributed by atoms with E-state index in [0.717, 1.165) is 49.3 Å². The first-order valence-electron chi connectivity index (χ1n) is 11.5. The van der Waals surface area contributed by atoms with Gasteiger partial charge in [0, 0.05) is 23.0 Å². The molecule has 4 rings (SSSR count). The Bertz CT molecular complexity index is 1090. The molecule has 0 radical (unpaired) electrons. The number of amides is 1. The lowest BCUT2D eigenvalue weighted by atomic mass is 9.94. The van der Waals surface area contributed by atoms with Crippen LogP contribution in [0.4, 0.5) is 0 Å². The van der Waals surface area contributed by atoms with Crippen molar-refractivity contribution >= 4 is 33.4 Å². The van der Waals surface area contributed by atoms with Crippen molar-refractivity contribution in [1.82, 2.24) is 4.90 Å². The second kappa shape index (κ2) is 10.7. The van der Waals surface area contributed by atoms with Crippen molar-refractivity contribution in [2.75, 3.05) is 46.5 Å². The highest BCUT2D eigenvalue weighted by molar-refractivity contribution is 9.10. The molecule has 180 valence electrons. The molecule has 0 aromatic heterocycles. The average Bonchev–Trinajstić information content (AvgIpc) is 3.09. The van der Waals surface area contributed by atoms with E-state index in [0.29, 0.717) is 23.4 Å². The minimum Gasteiger partial charge on any atom is -0.872 e. The van der Waals surface area contributed by atoms with Crippen LogP contribution >= 0.6 is 15.9 Å². The van der Waals surface area contributed by atoms with Crippen molar-refractivity contribution in [1.29, 1.82) is 0 Å². The summed E-state index contributed by atoms with van der Waals surface area (Å²) in [6, 6.07) is 11.8. The number of ketones is 1. The molecule has 2 heterocycles. The lowest BCUT2D eigenvalue weighted by molar-refractivity contribution is -0.908. The number of carbonyl (C=O) groups is 2. The number of hydrogen-bond donors (Lipinski definition) is 1. The van der Waals surface area contributed by atoms with Crippen LogP contribution < -0.4 is 14.7 Å². The lowest BCUT2D eigenvalue weighted by Crippen LogP contribution is -3.14. The van der Waals surface area contributed by atoms with Crippen LogP contribution in [0.2, 0.25) is 0 Å². The van der Waals surface area contributed by atoms with Crippen LogP contribution in [-0.2, 0) is 14.3 Å². The highest BCUT2D eigenvalue weighted by Crippen LogP contribution is 2.39. The van der Waals surface area contributed by atoms with Gasteiger partial charge in [-0.2, -0.15) is 0 Å². The summed E-state index contributed by atoms with van der Waals surface area (Å²) in [7, 11) is 1.56. The number of likely N-dealkylation sites (tertiary alicyclic amines) is 1. The minimum atomic E-state index is -0.716. The molecule has 2 aliphatic rings. The lowest BCUT2D eigenvalue weighted by Gasteiger charge is -2.29. The summed E-state index contributed by atoms with van der Waals surface area (Å²) in [4.78, 5) is 29.3. The van der Waals surface area contributed by atoms with E-state index in [1.54, 1.807) is 37.1 Å². The number of halogens is 1. The summed E-state index contributed by atoms with van der Waals surface area (Å²) in [5.41, 5.74) is 1.86. The second-order valence-corrected chi connectivity index (χ2v) is 9.59. The maximum atomic E-state index is 13.6. The summed E-state index contributed by atoms with van der Waals surface area (Å²) < 4.78 is 11.5. The Labute approximate surface area is 208 Å². The third-order valence-electron chi connectivity index (χ3n) is 6.52. The Hall–Kier alpha value is -2.68. The van der Waals surface area contributed by atoms with Gasteiger partial charge in [-0.25, -0.2) is 0 Å². The molecular weight excluding hydrogens is 500 g/mol. The monoisotopic (exact) mass is 528 g/mol. The Morgan fingerprint density at radius 1 is 1.18 bits per heavy atom. The first-order chi connectivity index (χ1) is 16.4. The number of methoxy groups -OCH3 is 1. The van der Waals surface area contributed by atoms with Gasteiger partial charge < -0.3 is 24.4 Å². The number of morpholine rings is 1. The number of quaternary nitrogens is 1. The molecule has 0 aliphatic carbocycles. The number of nitrogens with one attached hydrogen (secondary N) is 1. The molecule has 2 saturated heterocycles. The van der Waals surface area contributed by atoms with Gasteiger partial charge in [-0.05, 0) is 47.9 Å². The van der Waals surface area contributed by atoms with Gasteiger partial charge in [-0.15, -0.1) is 0 Å². The molecule has 8 heteroatoms. The van der Waals surface area contributed by atoms with Crippen molar-refractivity contribution in [2.24, 2.45) is 0 Å². The summed E-state index contributed by atoms with van der Waals surface area (Å²) >= 11 is 3.44. The number of Topliss-reactive ketones (excluding diaryl/α,β-unsaturated/α-hetero) is 1. The van der Waals surface area contributed by atoms with Crippen LogP contribution in [0.3, 0.4) is 0 Å². The Kier molecular flexibility index (Phi) is 7.70. The molecule has 2 aromatic rings. The minimum absolute atomic E-state index is 0.0132. The van der Waals surface area contributed by atoms with E-state index in [1.807, 2.05) is 24.3 Å². The van der Waals surface area contributed by atoms with E-state index < -0.39 is 23.5 Å². The number of benzene rings is 2. The highest BCUT2D eigenvalue weighted by atomic mass is 79.9. The molecule has 2 aliphatic heterocycles. The van der Waals surface area contributed by atoms with E-state index in [4.69, 9.17) is 9.47 Å². The molecule has 0 bridgehead atoms. The summed E-state index contributed by atoms with van der Waals surface area (Å²) in [6.45, 7) is 6.46. The SMILES string of the molecule is COc1ccc(/C([O-])=C2\C(=O)C(=O)N(CCC[NH+]3CCOCC3)C2c2ccc(Br)cc2)c(C)c1. The van der Waals surface area contributed by atoms with Gasteiger partial charge in [0.25, 0.3) is 5.91 Å². The number of ether oxygens (including phenoxy) is 2. The third kappa shape index (κ3) is 5.04. The van der Waals surface area contributed by atoms with E-state index in [-0.39, 0.29) is 5.57 Å². The zero-order chi connectivity index (χ0) is 24.2. The van der Waals surface area contributed by atoms with Gasteiger partial charge >= 0.3 is 0 Å². The van der Waals surface area contributed by atoms with Crippen LogP contribution in [0.15, 0.2) is 52.5 Å². The van der Waals surface area contributed by atoms with Crippen molar-refractivity contribution < 1.29 is 29.1 Å². The summed E-state index contributed by atoms with van der Waals surface area (Å²) in [6.07, 6.45) is 0.740. The van der Waals surface area contributed by atoms with E-state index in [9.17, 15) is 14.7 Å². The van der Waals surface area contributed by atoms with Gasteiger partial charge in [-0.3, -0.25) is 9.59 Å². The summed E-state index contributed by atoms with van der Waals surface area (Å²) in [5.74, 6) is -1.11. The number of hydrogen-bond acceptors (Lipinski definition) is 5. The molecule has 1 amide bonds. The Morgan fingerprint density at radius 2 is 1.88 bits per heavy atom. The maximum Gasteiger partial charge on any atom is 0.295 e. The number of aryl methyl sites for hydroxylation is 1. The fourth-order valence-electron chi connectivity index (χ4n) is 4.66. The fourth-order valence-corrected chi connectivity index (χ4v) is 4.93. The average molecular weight is 529 g/mol. The van der Waals surface area contributed by atoms with Gasteiger partial charge in [0.05, 0.1) is 32.9 Å². The van der Waals surface area contributed by atoms with E-state index in [2.05, 4.69) is 15.9 Å². The third-order valence-corrected chi connectivity index (χ3v) is 7.05. The fraction of sp³-hybridized carbons (Fsp3) is 0.385. The van der Waals surface area contributed by atoms with E-state index >= 15 is 0 Å². The number of rotatable bonds is 7. The normalized spacial score (nSPS) is 20.7. The summed E-state index contributed by atoms with van der Waals surface area (Å²) in [5, 5.41) is 13.6. The molecule has 2 aromatic carbocycles. The number of carbonyl (C=O) groups excluding carboxylic acids is 2. The molecule has 7 nitrogen and oxygen atoms in total. The smallest absolute Gasteiger partial charge is 0.295 e. The topological polar surface area (TPSA) is 83.3 Å². The largest absolute Gasteiger partial charge is 0.872 e. The molecule has 0 spiro atoms. The van der Waals surface area contributed by atoms with Gasteiger partial charge in [-0.1, -0.05) is 39.9 Å². The van der Waals surface area contributed by atoms with Gasteiger partial charge in [0.1, 0.15) is 18.8 Å². The predicted octanol–water partition coefficient (Wildman–Crippen LogP) is 1.30. The van der Waals surface area contributed by atoms with Gasteiger partial charge in [0.15, 0.2) is 0 Å². The highest BCUT2D eigenvalue weighted by Gasteiger charge is 2.44. The van der Waals surface area contributed by atoms with Crippen LogP contribution in [-0.4, -0.2) is 63.1 Å². The molecule has 34 heavy (non-hydrogen) atoms. The van der Waals surface area contributed by atoms with Crippen molar-refractivity contribution in [2.45, 2.75) is 19.4 Å². The molecule has 1 N–H and O–H groups in total. The van der Waals surface area contributed by atoms with Crippen molar-refractivity contribution in [3.8, 4) is 5.75 Å². The Morgan fingerprint density at radius 3 is 2.53 bits per heavy atom. The molecule has 2 fully saturated rings. The van der Waals surface area contributed by atoms with Crippen molar-refractivity contribution in [3.05, 3.63) is 69.2 Å². The van der Waals surface area contributed by atoms with Crippen molar-refractivity contribution in [3.63, 3.8) is 0 Å². The quantitative estimate of drug-likeness (QED) is 0.332. The molecule has 1 unspecified atom stereocenters.